The lowest BCUT2D eigenvalue weighted by atomic mass is 9.90. The Kier molecular flexibility index (Phi) is 5.63. The molecule has 0 saturated carbocycles. The average Bonchev–Trinajstić information content (AvgIpc) is 2.75. The number of hydrogen-bond donors (Lipinski definition) is 1. The highest BCUT2D eigenvalue weighted by Gasteiger charge is 2.21. The van der Waals surface area contributed by atoms with Gasteiger partial charge in [0.2, 0.25) is 5.95 Å². The zero-order chi connectivity index (χ0) is 18.3. The fraction of sp³-hybridized carbons (Fsp3) is 0.304. The van der Waals surface area contributed by atoms with Crippen molar-refractivity contribution in [3.63, 3.8) is 0 Å². The van der Waals surface area contributed by atoms with Crippen molar-refractivity contribution in [3.05, 3.63) is 84.1 Å². The molecule has 27 heavy (non-hydrogen) atoms. The van der Waals surface area contributed by atoms with E-state index in [4.69, 9.17) is 4.98 Å². The number of nitrogens with zero attached hydrogens (tertiary/aromatic N) is 3. The number of anilines is 2. The molecule has 0 radical (unpaired) electrons. The van der Waals surface area contributed by atoms with Gasteiger partial charge in [0, 0.05) is 25.8 Å². The van der Waals surface area contributed by atoms with Gasteiger partial charge < -0.3 is 10.2 Å². The molecular formula is C23H26N4. The van der Waals surface area contributed by atoms with Crippen molar-refractivity contribution in [3.8, 4) is 0 Å². The molecule has 2 aromatic carbocycles. The number of hydrogen-bond acceptors (Lipinski definition) is 4. The standard InChI is InChI=1S/C23H26N4/c1-3-7-19(8-4-1)17-20-12-15-27(16-13-20)23-24-14-11-22(26-23)25-18-21-9-5-2-6-10-21/h1-11,14,20H,12-13,15-18H2,(H,24,25,26). The van der Waals surface area contributed by atoms with Gasteiger partial charge in [0.05, 0.1) is 0 Å². The minimum absolute atomic E-state index is 0.753. The maximum Gasteiger partial charge on any atom is 0.227 e. The van der Waals surface area contributed by atoms with Gasteiger partial charge in [-0.15, -0.1) is 0 Å². The van der Waals surface area contributed by atoms with E-state index < -0.39 is 0 Å². The smallest absolute Gasteiger partial charge is 0.227 e. The van der Waals surface area contributed by atoms with Gasteiger partial charge in [-0.05, 0) is 42.4 Å². The van der Waals surface area contributed by atoms with Crippen molar-refractivity contribution >= 4 is 11.8 Å². The highest BCUT2D eigenvalue weighted by Crippen LogP contribution is 2.24. The predicted octanol–water partition coefficient (Wildman–Crippen LogP) is 4.55. The maximum atomic E-state index is 4.72. The van der Waals surface area contributed by atoms with Gasteiger partial charge in [0.1, 0.15) is 5.82 Å². The molecule has 1 aliphatic rings. The Morgan fingerprint density at radius 1 is 0.852 bits per heavy atom. The van der Waals surface area contributed by atoms with Crippen LogP contribution in [0, 0.1) is 5.92 Å². The zero-order valence-electron chi connectivity index (χ0n) is 15.6. The second-order valence-electron chi connectivity index (χ2n) is 7.20. The first-order valence-corrected chi connectivity index (χ1v) is 9.76. The number of rotatable bonds is 6. The van der Waals surface area contributed by atoms with Gasteiger partial charge in [-0.25, -0.2) is 4.98 Å². The lowest BCUT2D eigenvalue weighted by molar-refractivity contribution is 0.400. The van der Waals surface area contributed by atoms with Crippen LogP contribution < -0.4 is 10.2 Å². The first kappa shape index (κ1) is 17.5. The van der Waals surface area contributed by atoms with E-state index in [-0.39, 0.29) is 0 Å². The largest absolute Gasteiger partial charge is 0.366 e. The molecule has 0 atom stereocenters. The summed E-state index contributed by atoms with van der Waals surface area (Å²) in [6, 6.07) is 23.1. The molecule has 2 heterocycles. The number of aromatic nitrogens is 2. The third kappa shape index (κ3) is 4.85. The van der Waals surface area contributed by atoms with Gasteiger partial charge in [-0.2, -0.15) is 4.98 Å². The summed E-state index contributed by atoms with van der Waals surface area (Å²) in [6.07, 6.45) is 5.42. The fourth-order valence-electron chi connectivity index (χ4n) is 3.67. The minimum Gasteiger partial charge on any atom is -0.366 e. The molecule has 0 spiro atoms. The molecule has 0 bridgehead atoms. The molecule has 1 N–H and O–H groups in total. The van der Waals surface area contributed by atoms with Gasteiger partial charge in [0.25, 0.3) is 0 Å². The van der Waals surface area contributed by atoms with Crippen molar-refractivity contribution in [1.82, 2.24) is 9.97 Å². The maximum absolute atomic E-state index is 4.72. The number of benzene rings is 2. The minimum atomic E-state index is 0.753. The van der Waals surface area contributed by atoms with Gasteiger partial charge in [-0.1, -0.05) is 60.7 Å². The van der Waals surface area contributed by atoms with E-state index in [0.717, 1.165) is 37.3 Å². The lowest BCUT2D eigenvalue weighted by Gasteiger charge is -2.32. The molecule has 4 heteroatoms. The van der Waals surface area contributed by atoms with Crippen LogP contribution in [0.1, 0.15) is 24.0 Å². The predicted molar refractivity (Wildman–Crippen MR) is 111 cm³/mol. The van der Waals surface area contributed by atoms with E-state index in [1.165, 1.54) is 30.4 Å². The topological polar surface area (TPSA) is 41.1 Å². The first-order chi connectivity index (χ1) is 13.4. The van der Waals surface area contributed by atoms with Crippen LogP contribution in [0.2, 0.25) is 0 Å². The first-order valence-electron chi connectivity index (χ1n) is 9.76. The molecule has 1 aromatic heterocycles. The summed E-state index contributed by atoms with van der Waals surface area (Å²) in [5.41, 5.74) is 2.69. The van der Waals surface area contributed by atoms with Crippen LogP contribution in [0.25, 0.3) is 0 Å². The number of piperidine rings is 1. The third-order valence-corrected chi connectivity index (χ3v) is 5.22. The normalized spacial score (nSPS) is 14.9. The average molecular weight is 358 g/mol. The van der Waals surface area contributed by atoms with Crippen LogP contribution >= 0.6 is 0 Å². The van der Waals surface area contributed by atoms with E-state index in [1.807, 2.05) is 18.3 Å². The van der Waals surface area contributed by atoms with Gasteiger partial charge in [-0.3, -0.25) is 0 Å². The quantitative estimate of drug-likeness (QED) is 0.702. The summed E-state index contributed by atoms with van der Waals surface area (Å²) in [5, 5.41) is 3.40. The molecule has 0 aliphatic carbocycles. The molecule has 4 nitrogen and oxygen atoms in total. The van der Waals surface area contributed by atoms with Crippen LogP contribution in [0.3, 0.4) is 0 Å². The summed E-state index contributed by atoms with van der Waals surface area (Å²) in [7, 11) is 0. The van der Waals surface area contributed by atoms with Crippen molar-refractivity contribution in [2.45, 2.75) is 25.8 Å². The fourth-order valence-corrected chi connectivity index (χ4v) is 3.67. The Labute approximate surface area is 161 Å². The van der Waals surface area contributed by atoms with Gasteiger partial charge >= 0.3 is 0 Å². The van der Waals surface area contributed by atoms with Crippen LogP contribution in [0.5, 0.6) is 0 Å². The summed E-state index contributed by atoms with van der Waals surface area (Å²) in [5.74, 6) is 2.48. The zero-order valence-corrected chi connectivity index (χ0v) is 15.6. The molecule has 4 rings (SSSR count). The van der Waals surface area contributed by atoms with Crippen LogP contribution in [0.15, 0.2) is 72.9 Å². The highest BCUT2D eigenvalue weighted by atomic mass is 15.3. The Balaban J connectivity index is 1.32. The molecule has 1 fully saturated rings. The van der Waals surface area contributed by atoms with E-state index in [1.54, 1.807) is 0 Å². The third-order valence-electron chi connectivity index (χ3n) is 5.22. The van der Waals surface area contributed by atoms with Crippen molar-refractivity contribution in [2.24, 2.45) is 5.92 Å². The molecule has 1 aliphatic heterocycles. The monoisotopic (exact) mass is 358 g/mol. The van der Waals surface area contributed by atoms with Crippen LogP contribution in [-0.4, -0.2) is 23.1 Å². The van der Waals surface area contributed by atoms with Crippen LogP contribution in [0.4, 0.5) is 11.8 Å². The second-order valence-corrected chi connectivity index (χ2v) is 7.20. The molecule has 0 amide bonds. The van der Waals surface area contributed by atoms with E-state index in [9.17, 15) is 0 Å². The highest BCUT2D eigenvalue weighted by molar-refractivity contribution is 5.42. The second kappa shape index (κ2) is 8.67. The van der Waals surface area contributed by atoms with E-state index in [2.05, 4.69) is 69.8 Å². The SMILES string of the molecule is c1ccc(CNc2ccnc(N3CCC(Cc4ccccc4)CC3)n2)cc1. The lowest BCUT2D eigenvalue weighted by Crippen LogP contribution is -2.35. The molecule has 3 aromatic rings. The van der Waals surface area contributed by atoms with Crippen molar-refractivity contribution in [1.29, 1.82) is 0 Å². The number of nitrogens with one attached hydrogen (secondary N) is 1. The van der Waals surface area contributed by atoms with Crippen LogP contribution in [-0.2, 0) is 13.0 Å². The Hall–Kier alpha value is -2.88. The summed E-state index contributed by atoms with van der Waals surface area (Å²) >= 11 is 0. The summed E-state index contributed by atoms with van der Waals surface area (Å²) in [6.45, 7) is 2.83. The Bertz CT molecular complexity index is 827. The Morgan fingerprint density at radius 2 is 1.52 bits per heavy atom. The summed E-state index contributed by atoms with van der Waals surface area (Å²) in [4.78, 5) is 11.5. The molecular weight excluding hydrogens is 332 g/mol. The van der Waals surface area contributed by atoms with Gasteiger partial charge in [0.15, 0.2) is 0 Å². The molecule has 138 valence electrons. The molecule has 1 saturated heterocycles. The van der Waals surface area contributed by atoms with E-state index >= 15 is 0 Å². The Morgan fingerprint density at radius 3 is 2.22 bits per heavy atom. The summed E-state index contributed by atoms with van der Waals surface area (Å²) < 4.78 is 0. The van der Waals surface area contributed by atoms with Crippen molar-refractivity contribution in [2.75, 3.05) is 23.3 Å². The molecule has 0 unspecified atom stereocenters. The van der Waals surface area contributed by atoms with Crippen molar-refractivity contribution < 1.29 is 0 Å². The van der Waals surface area contributed by atoms with E-state index in [0.29, 0.717) is 0 Å².